The fourth-order valence-corrected chi connectivity index (χ4v) is 4.97. The molecule has 2 atom stereocenters. The van der Waals surface area contributed by atoms with Crippen molar-refractivity contribution in [1.29, 1.82) is 0 Å². The number of carbonyl (C=O) groups excluding carboxylic acids is 1. The molecule has 2 aromatic carbocycles. The van der Waals surface area contributed by atoms with E-state index in [1.165, 1.54) is 6.42 Å². The number of anilines is 1. The molecule has 30 heavy (non-hydrogen) atoms. The van der Waals surface area contributed by atoms with Gasteiger partial charge in [-0.2, -0.15) is 5.10 Å². The number of nitrogens with zero attached hydrogens (tertiary/aromatic N) is 2. The molecular weight excluding hydrogens is 441 g/mol. The van der Waals surface area contributed by atoms with E-state index in [-0.39, 0.29) is 23.9 Å². The molecule has 1 amide bonds. The van der Waals surface area contributed by atoms with Crippen LogP contribution < -0.4 is 10.3 Å². The number of rotatable bonds is 4. The predicted octanol–water partition coefficient (Wildman–Crippen LogP) is 6.65. The zero-order valence-corrected chi connectivity index (χ0v) is 19.0. The number of hydrogen-bond acceptors (Lipinski definition) is 3. The van der Waals surface area contributed by atoms with Crippen molar-refractivity contribution in [2.45, 2.75) is 51.1 Å². The van der Waals surface area contributed by atoms with Gasteiger partial charge >= 0.3 is 0 Å². The Morgan fingerprint density at radius 2 is 1.67 bits per heavy atom. The van der Waals surface area contributed by atoms with Crippen molar-refractivity contribution in [3.63, 3.8) is 0 Å². The molecule has 0 spiro atoms. The number of carbonyl (C=O) groups is 1. The summed E-state index contributed by atoms with van der Waals surface area (Å²) in [5, 5.41) is 11.5. The molecule has 0 bridgehead atoms. The molecule has 4 rings (SSSR count). The highest BCUT2D eigenvalue weighted by Gasteiger charge is 2.40. The molecule has 1 aliphatic carbocycles. The highest BCUT2D eigenvalue weighted by Crippen LogP contribution is 2.42. The van der Waals surface area contributed by atoms with Gasteiger partial charge in [-0.25, -0.2) is 0 Å². The van der Waals surface area contributed by atoms with Crippen molar-refractivity contribution in [2.75, 3.05) is 5.01 Å². The first kappa shape index (κ1) is 21.5. The first-order valence-electron chi connectivity index (χ1n) is 10.3. The van der Waals surface area contributed by atoms with Gasteiger partial charge < -0.3 is 5.32 Å². The normalized spacial score (nSPS) is 22.1. The molecule has 0 saturated heterocycles. The fourth-order valence-electron chi connectivity index (χ4n) is 4.35. The molecule has 7 heteroatoms. The second-order valence-electron chi connectivity index (χ2n) is 8.02. The molecule has 0 aromatic heterocycles. The predicted molar refractivity (Wildman–Crippen MR) is 125 cm³/mol. The molecule has 2 aliphatic rings. The zero-order chi connectivity index (χ0) is 21.3. The van der Waals surface area contributed by atoms with E-state index in [4.69, 9.17) is 39.9 Å². The van der Waals surface area contributed by atoms with Crippen LogP contribution in [-0.4, -0.2) is 17.7 Å². The van der Waals surface area contributed by atoms with Crippen LogP contribution in [0.3, 0.4) is 0 Å². The highest BCUT2D eigenvalue weighted by molar-refractivity contribution is 6.41. The summed E-state index contributed by atoms with van der Waals surface area (Å²) in [5.41, 5.74) is 2.25. The number of benzene rings is 2. The Morgan fingerprint density at radius 3 is 2.33 bits per heavy atom. The van der Waals surface area contributed by atoms with Crippen LogP contribution in [0.4, 0.5) is 5.69 Å². The minimum Gasteiger partial charge on any atom is -0.348 e. The van der Waals surface area contributed by atoms with Gasteiger partial charge in [-0.1, -0.05) is 73.1 Å². The third kappa shape index (κ3) is 4.46. The SMILES string of the molecule is C[C@@H]1C(C(=O)NC2CCCCC2)=NN(c2ccc(Cl)cc2Cl)[C@@H]1c1ccc(Cl)cc1. The van der Waals surface area contributed by atoms with Gasteiger partial charge in [-0.05, 0) is 48.7 Å². The Bertz CT molecular complexity index is 955. The number of nitrogens with one attached hydrogen (secondary N) is 1. The van der Waals surface area contributed by atoms with Gasteiger partial charge in [-0.3, -0.25) is 9.80 Å². The fraction of sp³-hybridized carbons (Fsp3) is 0.391. The first-order valence-corrected chi connectivity index (χ1v) is 11.5. The molecule has 1 heterocycles. The maximum absolute atomic E-state index is 13.1. The molecule has 1 saturated carbocycles. The van der Waals surface area contributed by atoms with Crippen molar-refractivity contribution in [2.24, 2.45) is 11.0 Å². The monoisotopic (exact) mass is 463 g/mol. The molecular formula is C23H24Cl3N3O. The van der Waals surface area contributed by atoms with Crippen LogP contribution in [0.25, 0.3) is 0 Å². The Labute approximate surface area is 192 Å². The lowest BCUT2D eigenvalue weighted by molar-refractivity contribution is -0.115. The van der Waals surface area contributed by atoms with Crippen LogP contribution >= 0.6 is 34.8 Å². The summed E-state index contributed by atoms with van der Waals surface area (Å²) < 4.78 is 0. The lowest BCUT2D eigenvalue weighted by Gasteiger charge is -2.28. The summed E-state index contributed by atoms with van der Waals surface area (Å²) in [6.45, 7) is 2.03. The number of hydrazone groups is 1. The Kier molecular flexibility index (Phi) is 6.57. The van der Waals surface area contributed by atoms with Crippen LogP contribution in [-0.2, 0) is 4.79 Å². The van der Waals surface area contributed by atoms with Gasteiger partial charge in [0, 0.05) is 22.0 Å². The van der Waals surface area contributed by atoms with Crippen LogP contribution in [0, 0.1) is 5.92 Å². The van der Waals surface area contributed by atoms with Crippen molar-refractivity contribution in [3.05, 3.63) is 63.1 Å². The third-order valence-electron chi connectivity index (χ3n) is 5.92. The molecule has 158 valence electrons. The molecule has 1 aliphatic heterocycles. The Balaban J connectivity index is 1.68. The quantitative estimate of drug-likeness (QED) is 0.550. The van der Waals surface area contributed by atoms with E-state index in [2.05, 4.69) is 5.32 Å². The number of halogens is 3. The van der Waals surface area contributed by atoms with E-state index < -0.39 is 0 Å². The molecule has 0 radical (unpaired) electrons. The highest BCUT2D eigenvalue weighted by atomic mass is 35.5. The van der Waals surface area contributed by atoms with E-state index >= 15 is 0 Å². The van der Waals surface area contributed by atoms with Gasteiger partial charge in [0.2, 0.25) is 0 Å². The van der Waals surface area contributed by atoms with Crippen LogP contribution in [0.5, 0.6) is 0 Å². The van der Waals surface area contributed by atoms with Crippen LogP contribution in [0.15, 0.2) is 47.6 Å². The molecule has 0 unspecified atom stereocenters. The van der Waals surface area contributed by atoms with Gasteiger partial charge in [0.25, 0.3) is 5.91 Å². The van der Waals surface area contributed by atoms with Gasteiger partial charge in [-0.15, -0.1) is 0 Å². The van der Waals surface area contributed by atoms with E-state index in [0.717, 1.165) is 31.2 Å². The molecule has 2 aromatic rings. The van der Waals surface area contributed by atoms with E-state index in [9.17, 15) is 4.79 Å². The standard InChI is InChI=1S/C23H24Cl3N3O/c1-14-21(23(30)27-18-5-3-2-4-6-18)28-29(20-12-11-17(25)13-19(20)26)22(14)15-7-9-16(24)10-8-15/h7-14,18,22H,2-6H2,1H3,(H,27,30)/t14-,22+/m1/s1. The maximum Gasteiger partial charge on any atom is 0.268 e. The third-order valence-corrected chi connectivity index (χ3v) is 6.71. The molecule has 1 N–H and O–H groups in total. The van der Waals surface area contributed by atoms with Crippen molar-refractivity contribution < 1.29 is 4.79 Å². The summed E-state index contributed by atoms with van der Waals surface area (Å²) in [7, 11) is 0. The van der Waals surface area contributed by atoms with Gasteiger partial charge in [0.1, 0.15) is 5.71 Å². The molecule has 1 fully saturated rings. The number of amides is 1. The van der Waals surface area contributed by atoms with Crippen LogP contribution in [0.1, 0.15) is 50.6 Å². The second-order valence-corrected chi connectivity index (χ2v) is 9.30. The Hall–Kier alpha value is -1.75. The summed E-state index contributed by atoms with van der Waals surface area (Å²) in [6.07, 6.45) is 5.62. The minimum atomic E-state index is -0.173. The van der Waals surface area contributed by atoms with Gasteiger partial charge in [0.15, 0.2) is 0 Å². The summed E-state index contributed by atoms with van der Waals surface area (Å²) in [6, 6.07) is 13.0. The minimum absolute atomic E-state index is 0.0963. The Morgan fingerprint density at radius 1 is 1.00 bits per heavy atom. The zero-order valence-electron chi connectivity index (χ0n) is 16.7. The lowest BCUT2D eigenvalue weighted by atomic mass is 9.90. The number of hydrogen-bond donors (Lipinski definition) is 1. The summed E-state index contributed by atoms with van der Waals surface area (Å²) in [5.74, 6) is -0.220. The van der Waals surface area contributed by atoms with Crippen LogP contribution in [0.2, 0.25) is 15.1 Å². The summed E-state index contributed by atoms with van der Waals surface area (Å²) >= 11 is 18.7. The topological polar surface area (TPSA) is 44.7 Å². The lowest BCUT2D eigenvalue weighted by Crippen LogP contribution is -2.41. The summed E-state index contributed by atoms with van der Waals surface area (Å²) in [4.78, 5) is 13.1. The van der Waals surface area contributed by atoms with Gasteiger partial charge in [0.05, 0.1) is 16.8 Å². The van der Waals surface area contributed by atoms with E-state index in [1.54, 1.807) is 12.1 Å². The average molecular weight is 465 g/mol. The molecule has 4 nitrogen and oxygen atoms in total. The van der Waals surface area contributed by atoms with Crippen molar-refractivity contribution in [1.82, 2.24) is 5.32 Å². The average Bonchev–Trinajstić information content (AvgIpc) is 3.06. The van der Waals surface area contributed by atoms with E-state index in [1.807, 2.05) is 42.3 Å². The largest absolute Gasteiger partial charge is 0.348 e. The van der Waals surface area contributed by atoms with E-state index in [0.29, 0.717) is 26.5 Å². The maximum atomic E-state index is 13.1. The smallest absolute Gasteiger partial charge is 0.268 e. The van der Waals surface area contributed by atoms with Crippen molar-refractivity contribution in [3.8, 4) is 0 Å². The second kappa shape index (κ2) is 9.17. The van der Waals surface area contributed by atoms with Crippen molar-refractivity contribution >= 4 is 52.1 Å². The first-order chi connectivity index (χ1) is 14.4.